The average Bonchev–Trinajstić information content (AvgIpc) is 3.37. The second-order valence-electron chi connectivity index (χ2n) is 5.51. The maximum Gasteiger partial charge on any atom is 0.253 e. The lowest BCUT2D eigenvalue weighted by Gasteiger charge is -2.17. The van der Waals surface area contributed by atoms with Crippen LogP contribution in [0.1, 0.15) is 11.6 Å². The van der Waals surface area contributed by atoms with Crippen LogP contribution in [-0.4, -0.2) is 41.3 Å². The first kappa shape index (κ1) is 15.6. The molecule has 0 aliphatic heterocycles. The number of benzene rings is 2. The number of carbonyl (C=O) groups excluding carboxylic acids is 1. The fourth-order valence-corrected chi connectivity index (χ4v) is 2.65. The van der Waals surface area contributed by atoms with Gasteiger partial charge in [0, 0.05) is 11.3 Å². The molecule has 2 aromatic heterocycles. The first-order valence-electron chi connectivity index (χ1n) is 7.85. The van der Waals surface area contributed by atoms with Crippen LogP contribution >= 0.6 is 0 Å². The summed E-state index contributed by atoms with van der Waals surface area (Å²) >= 11 is 0. The number of nitrogens with one attached hydrogen (secondary N) is 2. The Morgan fingerprint density at radius 2 is 2.00 bits per heavy atom. The van der Waals surface area contributed by atoms with Gasteiger partial charge in [-0.05, 0) is 28.1 Å². The van der Waals surface area contributed by atoms with E-state index in [2.05, 4.69) is 36.0 Å². The third-order valence-electron chi connectivity index (χ3n) is 3.81. The molecule has 0 unspecified atom stereocenters. The highest BCUT2D eigenvalue weighted by molar-refractivity contribution is 5.96. The molecule has 128 valence electrons. The van der Waals surface area contributed by atoms with Crippen molar-refractivity contribution in [1.29, 1.82) is 0 Å². The highest BCUT2D eigenvalue weighted by atomic mass is 16.2. The van der Waals surface area contributed by atoms with Gasteiger partial charge in [-0.2, -0.15) is 5.10 Å². The number of nitrogens with zero attached hydrogens (tertiary/aromatic N) is 6. The molecule has 1 amide bonds. The number of carbonyl (C=O) groups is 1. The molecule has 0 saturated heterocycles. The summed E-state index contributed by atoms with van der Waals surface area (Å²) in [6.07, 6.45) is 2.85. The van der Waals surface area contributed by atoms with Crippen LogP contribution in [0.2, 0.25) is 0 Å². The molecule has 0 saturated carbocycles. The SMILES string of the molecule is O=C(Nc1cccc(-c2ncn[nH]2)c1)[C@@H](c1ccccc1)n1cnnn1. The molecule has 4 aromatic rings. The highest BCUT2D eigenvalue weighted by Crippen LogP contribution is 2.22. The number of hydrogen-bond donors (Lipinski definition) is 2. The number of amides is 1. The Labute approximate surface area is 148 Å². The maximum atomic E-state index is 12.9. The van der Waals surface area contributed by atoms with Crippen molar-refractivity contribution in [2.75, 3.05) is 5.32 Å². The minimum absolute atomic E-state index is 0.252. The monoisotopic (exact) mass is 346 g/mol. The zero-order valence-electron chi connectivity index (χ0n) is 13.5. The van der Waals surface area contributed by atoms with Crippen molar-refractivity contribution in [3.05, 3.63) is 72.8 Å². The fourth-order valence-electron chi connectivity index (χ4n) is 2.65. The first-order valence-corrected chi connectivity index (χ1v) is 7.85. The molecule has 2 N–H and O–H groups in total. The van der Waals surface area contributed by atoms with Gasteiger partial charge < -0.3 is 5.32 Å². The second kappa shape index (κ2) is 6.93. The van der Waals surface area contributed by atoms with Gasteiger partial charge in [-0.3, -0.25) is 9.89 Å². The van der Waals surface area contributed by atoms with Crippen molar-refractivity contribution in [2.45, 2.75) is 6.04 Å². The lowest BCUT2D eigenvalue weighted by molar-refractivity contribution is -0.118. The molecule has 0 bridgehead atoms. The zero-order valence-corrected chi connectivity index (χ0v) is 13.5. The molecule has 0 radical (unpaired) electrons. The zero-order chi connectivity index (χ0) is 17.8. The van der Waals surface area contributed by atoms with Crippen LogP contribution in [0, 0.1) is 0 Å². The van der Waals surface area contributed by atoms with E-state index in [1.165, 1.54) is 17.3 Å². The van der Waals surface area contributed by atoms with Gasteiger partial charge in [-0.25, -0.2) is 9.67 Å². The molecular weight excluding hydrogens is 332 g/mol. The third-order valence-corrected chi connectivity index (χ3v) is 3.81. The molecule has 2 aromatic carbocycles. The summed E-state index contributed by atoms with van der Waals surface area (Å²) in [5.41, 5.74) is 2.24. The van der Waals surface area contributed by atoms with Gasteiger partial charge in [0.25, 0.3) is 5.91 Å². The van der Waals surface area contributed by atoms with E-state index in [9.17, 15) is 4.79 Å². The van der Waals surface area contributed by atoms with E-state index in [0.29, 0.717) is 11.5 Å². The average molecular weight is 346 g/mol. The molecule has 9 nitrogen and oxygen atoms in total. The third kappa shape index (κ3) is 3.18. The summed E-state index contributed by atoms with van der Waals surface area (Å²) in [5, 5.41) is 20.7. The Kier molecular flexibility index (Phi) is 4.17. The van der Waals surface area contributed by atoms with Crippen LogP contribution in [0.25, 0.3) is 11.4 Å². The van der Waals surface area contributed by atoms with Gasteiger partial charge in [-0.15, -0.1) is 5.10 Å². The van der Waals surface area contributed by atoms with Gasteiger partial charge in [0.2, 0.25) is 0 Å². The molecule has 0 fully saturated rings. The number of H-pyrrole nitrogens is 1. The standard InChI is InChI=1S/C17H14N8O/c26-17(15(25-11-20-23-24-25)12-5-2-1-3-6-12)21-14-8-4-7-13(9-14)16-18-10-19-22-16/h1-11,15H,(H,21,26)(H,18,19,22)/t15-/m1/s1. The van der Waals surface area contributed by atoms with Gasteiger partial charge >= 0.3 is 0 Å². The van der Waals surface area contributed by atoms with Crippen molar-refractivity contribution >= 4 is 11.6 Å². The predicted molar refractivity (Wildman–Crippen MR) is 92.8 cm³/mol. The van der Waals surface area contributed by atoms with E-state index < -0.39 is 6.04 Å². The molecule has 4 rings (SSSR count). The number of anilines is 1. The Morgan fingerprint density at radius 3 is 2.73 bits per heavy atom. The lowest BCUT2D eigenvalue weighted by Crippen LogP contribution is -2.27. The summed E-state index contributed by atoms with van der Waals surface area (Å²) in [4.78, 5) is 17.1. The van der Waals surface area contributed by atoms with Crippen LogP contribution in [0.15, 0.2) is 67.3 Å². The van der Waals surface area contributed by atoms with Crippen molar-refractivity contribution in [2.24, 2.45) is 0 Å². The summed E-state index contributed by atoms with van der Waals surface area (Å²) in [6.45, 7) is 0. The molecule has 0 spiro atoms. The van der Waals surface area contributed by atoms with Crippen LogP contribution in [0.3, 0.4) is 0 Å². The maximum absolute atomic E-state index is 12.9. The normalized spacial score (nSPS) is 11.8. The van der Waals surface area contributed by atoms with Crippen LogP contribution < -0.4 is 5.32 Å². The van der Waals surface area contributed by atoms with E-state index in [1.807, 2.05) is 48.5 Å². The van der Waals surface area contributed by atoms with Gasteiger partial charge in [0.05, 0.1) is 0 Å². The fraction of sp³-hybridized carbons (Fsp3) is 0.0588. The predicted octanol–water partition coefficient (Wildman–Crippen LogP) is 1.69. The number of aromatic amines is 1. The quantitative estimate of drug-likeness (QED) is 0.568. The summed E-state index contributed by atoms with van der Waals surface area (Å²) in [7, 11) is 0. The minimum Gasteiger partial charge on any atom is -0.324 e. The molecule has 0 aliphatic carbocycles. The van der Waals surface area contributed by atoms with Gasteiger partial charge in [0.15, 0.2) is 11.9 Å². The van der Waals surface area contributed by atoms with Gasteiger partial charge in [-0.1, -0.05) is 42.5 Å². The second-order valence-corrected chi connectivity index (χ2v) is 5.51. The van der Waals surface area contributed by atoms with E-state index in [1.54, 1.807) is 6.07 Å². The summed E-state index contributed by atoms with van der Waals surface area (Å²) < 4.78 is 1.42. The summed E-state index contributed by atoms with van der Waals surface area (Å²) in [6, 6.07) is 16.0. The minimum atomic E-state index is -0.680. The van der Waals surface area contributed by atoms with E-state index in [0.717, 1.165) is 11.1 Å². The number of rotatable bonds is 5. The largest absolute Gasteiger partial charge is 0.324 e. The molecular formula is C17H14N8O. The van der Waals surface area contributed by atoms with E-state index in [-0.39, 0.29) is 5.91 Å². The molecule has 1 atom stereocenters. The molecule has 2 heterocycles. The Bertz CT molecular complexity index is 983. The Hall–Kier alpha value is -3.88. The Balaban J connectivity index is 1.62. The van der Waals surface area contributed by atoms with Crippen LogP contribution in [0.5, 0.6) is 0 Å². The van der Waals surface area contributed by atoms with E-state index in [4.69, 9.17) is 0 Å². The smallest absolute Gasteiger partial charge is 0.253 e. The number of tetrazole rings is 1. The number of aromatic nitrogens is 7. The Morgan fingerprint density at radius 1 is 1.12 bits per heavy atom. The highest BCUT2D eigenvalue weighted by Gasteiger charge is 2.24. The lowest BCUT2D eigenvalue weighted by atomic mass is 10.1. The molecule has 0 aliphatic rings. The molecule has 26 heavy (non-hydrogen) atoms. The topological polar surface area (TPSA) is 114 Å². The van der Waals surface area contributed by atoms with Crippen LogP contribution in [-0.2, 0) is 4.79 Å². The van der Waals surface area contributed by atoms with Gasteiger partial charge in [0.1, 0.15) is 12.7 Å². The van der Waals surface area contributed by atoms with Crippen molar-refractivity contribution in [3.8, 4) is 11.4 Å². The van der Waals surface area contributed by atoms with Crippen molar-refractivity contribution in [3.63, 3.8) is 0 Å². The molecule has 9 heteroatoms. The van der Waals surface area contributed by atoms with E-state index >= 15 is 0 Å². The van der Waals surface area contributed by atoms with Crippen molar-refractivity contribution in [1.82, 2.24) is 35.4 Å². The summed E-state index contributed by atoms with van der Waals surface area (Å²) in [5.74, 6) is 0.374. The first-order chi connectivity index (χ1) is 12.8. The van der Waals surface area contributed by atoms with Crippen LogP contribution in [0.4, 0.5) is 5.69 Å². The number of hydrogen-bond acceptors (Lipinski definition) is 6. The van der Waals surface area contributed by atoms with Crippen molar-refractivity contribution < 1.29 is 4.79 Å².